The van der Waals surface area contributed by atoms with Crippen LogP contribution < -0.4 is 5.32 Å². The molecule has 0 saturated carbocycles. The highest BCUT2D eigenvalue weighted by molar-refractivity contribution is 7.99. The second-order valence-corrected chi connectivity index (χ2v) is 6.67. The van der Waals surface area contributed by atoms with Crippen molar-refractivity contribution in [1.82, 2.24) is 20.4 Å². The van der Waals surface area contributed by atoms with Crippen LogP contribution >= 0.6 is 35.0 Å². The van der Waals surface area contributed by atoms with E-state index in [9.17, 15) is 0 Å². The Morgan fingerprint density at radius 2 is 2.29 bits per heavy atom. The van der Waals surface area contributed by atoms with Crippen molar-refractivity contribution in [3.05, 3.63) is 28.2 Å². The Morgan fingerprint density at radius 1 is 1.43 bits per heavy atom. The van der Waals surface area contributed by atoms with E-state index in [0.717, 1.165) is 18.1 Å². The van der Waals surface area contributed by atoms with Crippen molar-refractivity contribution in [3.8, 4) is 11.5 Å². The molecule has 1 aliphatic rings. The molecule has 1 fully saturated rings. The molecule has 8 heteroatoms. The molecule has 0 bridgehead atoms. The summed E-state index contributed by atoms with van der Waals surface area (Å²) in [6, 6.07) is 1.98. The van der Waals surface area contributed by atoms with E-state index < -0.39 is 0 Å². The van der Waals surface area contributed by atoms with E-state index in [4.69, 9.17) is 27.7 Å². The Hall–Kier alpha value is -0.820. The molecule has 3 heterocycles. The lowest BCUT2D eigenvalue weighted by Crippen LogP contribution is -2.34. The maximum Gasteiger partial charge on any atom is 0.232 e. The highest BCUT2D eigenvalue weighted by Crippen LogP contribution is 2.33. The fourth-order valence-electron chi connectivity index (χ4n) is 2.32. The molecule has 21 heavy (non-hydrogen) atoms. The van der Waals surface area contributed by atoms with Crippen molar-refractivity contribution in [2.45, 2.75) is 18.9 Å². The largest absolute Gasteiger partial charge is 0.339 e. The van der Waals surface area contributed by atoms with Gasteiger partial charge in [-0.05, 0) is 12.6 Å². The second kappa shape index (κ2) is 6.52. The van der Waals surface area contributed by atoms with Gasteiger partial charge in [0.05, 0.1) is 16.0 Å². The summed E-state index contributed by atoms with van der Waals surface area (Å²) in [6.45, 7) is 3.02. The van der Waals surface area contributed by atoms with Crippen LogP contribution in [0.5, 0.6) is 0 Å². The van der Waals surface area contributed by atoms with Crippen LogP contribution in [0.4, 0.5) is 0 Å². The van der Waals surface area contributed by atoms with Gasteiger partial charge in [-0.25, -0.2) is 4.98 Å². The summed E-state index contributed by atoms with van der Waals surface area (Å²) in [7, 11) is 0. The Kier molecular flexibility index (Phi) is 4.69. The first-order valence-electron chi connectivity index (χ1n) is 6.65. The molecular formula is C13H14Cl2N4OS. The van der Waals surface area contributed by atoms with Crippen molar-refractivity contribution in [2.24, 2.45) is 0 Å². The Labute approximate surface area is 136 Å². The average Bonchev–Trinajstić information content (AvgIpc) is 3.07. The number of nitrogens with one attached hydrogen (secondary N) is 1. The molecule has 2 aromatic heterocycles. The van der Waals surface area contributed by atoms with Crippen LogP contribution in [0.2, 0.25) is 10.0 Å². The molecule has 5 nitrogen and oxygen atoms in total. The van der Waals surface area contributed by atoms with Crippen LogP contribution in [0.25, 0.3) is 11.5 Å². The first-order chi connectivity index (χ1) is 10.2. The number of aromatic nitrogens is 3. The third-order valence-electron chi connectivity index (χ3n) is 3.33. The summed E-state index contributed by atoms with van der Waals surface area (Å²) >= 11 is 13.9. The van der Waals surface area contributed by atoms with Gasteiger partial charge < -0.3 is 9.84 Å². The van der Waals surface area contributed by atoms with Gasteiger partial charge in [0.2, 0.25) is 11.7 Å². The monoisotopic (exact) mass is 344 g/mol. The number of rotatable bonds is 4. The average molecular weight is 345 g/mol. The van der Waals surface area contributed by atoms with E-state index in [2.05, 4.69) is 27.4 Å². The molecule has 2 unspecified atom stereocenters. The van der Waals surface area contributed by atoms with Crippen LogP contribution in [0, 0.1) is 0 Å². The third kappa shape index (κ3) is 3.18. The summed E-state index contributed by atoms with van der Waals surface area (Å²) in [6.07, 6.45) is 1.52. The molecule has 0 aliphatic carbocycles. The predicted octanol–water partition coefficient (Wildman–Crippen LogP) is 3.25. The molecular weight excluding hydrogens is 331 g/mol. The lowest BCUT2D eigenvalue weighted by Gasteiger charge is -2.15. The summed E-state index contributed by atoms with van der Waals surface area (Å²) in [4.78, 5) is 8.64. The second-order valence-electron chi connectivity index (χ2n) is 4.75. The summed E-state index contributed by atoms with van der Waals surface area (Å²) in [5, 5.41) is 8.35. The smallest absolute Gasteiger partial charge is 0.232 e. The zero-order valence-electron chi connectivity index (χ0n) is 11.3. The number of likely N-dealkylation sites (N-methyl/N-ethyl adjacent to an activating group) is 1. The summed E-state index contributed by atoms with van der Waals surface area (Å²) < 4.78 is 5.42. The molecule has 0 amide bonds. The Morgan fingerprint density at radius 3 is 3.05 bits per heavy atom. The fourth-order valence-corrected chi connectivity index (χ4v) is 4.16. The van der Waals surface area contributed by atoms with Crippen LogP contribution in [0.15, 0.2) is 16.8 Å². The molecule has 1 saturated heterocycles. The molecule has 0 aromatic carbocycles. The van der Waals surface area contributed by atoms with Crippen molar-refractivity contribution < 1.29 is 4.52 Å². The van der Waals surface area contributed by atoms with Gasteiger partial charge in [-0.1, -0.05) is 35.3 Å². The number of thioether (sulfide) groups is 1. The minimum absolute atomic E-state index is 0.224. The van der Waals surface area contributed by atoms with Gasteiger partial charge in [0.25, 0.3) is 0 Å². The normalized spacial score (nSPS) is 21.9. The van der Waals surface area contributed by atoms with Crippen molar-refractivity contribution in [2.75, 3.05) is 18.1 Å². The first kappa shape index (κ1) is 15.1. The van der Waals surface area contributed by atoms with E-state index >= 15 is 0 Å². The minimum atomic E-state index is 0.224. The maximum absolute atomic E-state index is 6.13. The van der Waals surface area contributed by atoms with Crippen LogP contribution in [-0.2, 0) is 0 Å². The standard InChI is InChI=1S/C13H14Cl2N4OS/c1-2-16-10-6-21-5-8(10)13-18-12(19-20-13)11-9(15)3-7(14)4-17-11/h3-4,8,10,16H,2,5-6H2,1H3. The molecule has 0 radical (unpaired) electrons. The minimum Gasteiger partial charge on any atom is -0.339 e. The number of hydrogen-bond acceptors (Lipinski definition) is 6. The lowest BCUT2D eigenvalue weighted by atomic mass is 10.0. The Bertz CT molecular complexity index is 636. The number of hydrogen-bond donors (Lipinski definition) is 1. The van der Waals surface area contributed by atoms with Gasteiger partial charge in [0, 0.05) is 23.7 Å². The molecule has 112 valence electrons. The van der Waals surface area contributed by atoms with Crippen molar-refractivity contribution in [1.29, 1.82) is 0 Å². The molecule has 2 aromatic rings. The van der Waals surface area contributed by atoms with Gasteiger partial charge in [0.1, 0.15) is 5.69 Å². The van der Waals surface area contributed by atoms with Gasteiger partial charge in [0.15, 0.2) is 0 Å². The zero-order chi connectivity index (χ0) is 14.8. The van der Waals surface area contributed by atoms with Crippen LogP contribution in [0.3, 0.4) is 0 Å². The van der Waals surface area contributed by atoms with Crippen LogP contribution in [0.1, 0.15) is 18.7 Å². The number of pyridine rings is 1. The Balaban J connectivity index is 1.86. The lowest BCUT2D eigenvalue weighted by molar-refractivity contribution is 0.340. The molecule has 3 rings (SSSR count). The van der Waals surface area contributed by atoms with E-state index in [-0.39, 0.29) is 5.92 Å². The highest BCUT2D eigenvalue weighted by atomic mass is 35.5. The van der Waals surface area contributed by atoms with Crippen LogP contribution in [-0.4, -0.2) is 39.2 Å². The van der Waals surface area contributed by atoms with Gasteiger partial charge in [-0.3, -0.25) is 0 Å². The zero-order valence-corrected chi connectivity index (χ0v) is 13.7. The number of halogens is 2. The SMILES string of the molecule is CCNC1CSCC1c1nc(-c2ncc(Cl)cc2Cl)no1. The fraction of sp³-hybridized carbons (Fsp3) is 0.462. The predicted molar refractivity (Wildman–Crippen MR) is 85.1 cm³/mol. The van der Waals surface area contributed by atoms with Crippen molar-refractivity contribution >= 4 is 35.0 Å². The highest BCUT2D eigenvalue weighted by Gasteiger charge is 2.33. The van der Waals surface area contributed by atoms with Crippen molar-refractivity contribution in [3.63, 3.8) is 0 Å². The molecule has 0 spiro atoms. The van der Waals surface area contributed by atoms with Gasteiger partial charge >= 0.3 is 0 Å². The molecule has 1 N–H and O–H groups in total. The molecule has 2 atom stereocenters. The maximum atomic E-state index is 6.13. The van der Waals surface area contributed by atoms with E-state index in [0.29, 0.717) is 33.5 Å². The summed E-state index contributed by atoms with van der Waals surface area (Å²) in [5.74, 6) is 3.28. The van der Waals surface area contributed by atoms with E-state index in [1.807, 2.05) is 11.8 Å². The van der Waals surface area contributed by atoms with Gasteiger partial charge in [-0.15, -0.1) is 0 Å². The van der Waals surface area contributed by atoms with E-state index in [1.165, 1.54) is 6.20 Å². The third-order valence-corrected chi connectivity index (χ3v) is 5.01. The topological polar surface area (TPSA) is 63.8 Å². The first-order valence-corrected chi connectivity index (χ1v) is 8.56. The van der Waals surface area contributed by atoms with E-state index in [1.54, 1.807) is 6.07 Å². The molecule has 1 aliphatic heterocycles. The quantitative estimate of drug-likeness (QED) is 0.918. The van der Waals surface area contributed by atoms with Gasteiger partial charge in [-0.2, -0.15) is 16.7 Å². The summed E-state index contributed by atoms with van der Waals surface area (Å²) in [5.41, 5.74) is 0.488. The number of nitrogens with zero attached hydrogens (tertiary/aromatic N) is 3.